The Kier molecular flexibility index (Phi) is 4.49. The number of rotatable bonds is 4. The fraction of sp³-hybridized carbons (Fsp3) is 0. The second-order valence-corrected chi connectivity index (χ2v) is 4.77. The lowest BCUT2D eigenvalue weighted by molar-refractivity contribution is 0.475. The Balaban J connectivity index is 1.67. The van der Waals surface area contributed by atoms with Crippen molar-refractivity contribution in [1.29, 1.82) is 0 Å². The van der Waals surface area contributed by atoms with Crippen LogP contribution in [-0.4, -0.2) is 5.11 Å². The van der Waals surface area contributed by atoms with Crippen LogP contribution in [0.3, 0.4) is 0 Å². The van der Waals surface area contributed by atoms with Gasteiger partial charge in [0.15, 0.2) is 0 Å². The van der Waals surface area contributed by atoms with Crippen LogP contribution in [-0.2, 0) is 0 Å². The predicted molar refractivity (Wildman–Crippen MR) is 89.3 cm³/mol. The van der Waals surface area contributed by atoms with E-state index in [9.17, 15) is 5.11 Å². The van der Waals surface area contributed by atoms with Gasteiger partial charge < -0.3 is 5.11 Å². The van der Waals surface area contributed by atoms with Gasteiger partial charge in [0.25, 0.3) is 0 Å². The Hall–Kier alpha value is -3.34. The summed E-state index contributed by atoms with van der Waals surface area (Å²) in [7, 11) is 0. The van der Waals surface area contributed by atoms with Crippen molar-refractivity contribution >= 4 is 22.7 Å². The molecule has 1 N–H and O–H groups in total. The van der Waals surface area contributed by atoms with Crippen LogP contribution in [0, 0.1) is 0 Å². The van der Waals surface area contributed by atoms with Crippen molar-refractivity contribution in [3.05, 3.63) is 78.9 Å². The molecule has 0 fully saturated rings. The Bertz CT molecular complexity index is 810. The zero-order chi connectivity index (χ0) is 15.9. The predicted octanol–water partition coefficient (Wildman–Crippen LogP) is 6.22. The Morgan fingerprint density at radius 2 is 0.783 bits per heavy atom. The number of phenols is 1. The summed E-state index contributed by atoms with van der Waals surface area (Å²) in [4.78, 5) is 0. The second kappa shape index (κ2) is 7.09. The summed E-state index contributed by atoms with van der Waals surface area (Å²) in [5.74, 6) is 0.206. The first-order chi connectivity index (χ1) is 11.3. The molecule has 0 unspecified atom stereocenters. The largest absolute Gasteiger partial charge is 0.508 e. The number of aromatic hydroxyl groups is 1. The van der Waals surface area contributed by atoms with Crippen LogP contribution in [0.15, 0.2) is 99.3 Å². The smallest absolute Gasteiger partial charge is 0.115 e. The van der Waals surface area contributed by atoms with Gasteiger partial charge in [-0.2, -0.15) is 20.5 Å². The lowest BCUT2D eigenvalue weighted by Gasteiger charge is -1.96. The Morgan fingerprint density at radius 3 is 1.22 bits per heavy atom. The van der Waals surface area contributed by atoms with Crippen LogP contribution in [0.5, 0.6) is 5.75 Å². The van der Waals surface area contributed by atoms with E-state index < -0.39 is 0 Å². The van der Waals surface area contributed by atoms with Gasteiger partial charge in [0.2, 0.25) is 0 Å². The van der Waals surface area contributed by atoms with E-state index in [1.165, 1.54) is 0 Å². The van der Waals surface area contributed by atoms with E-state index in [0.717, 1.165) is 17.1 Å². The second-order valence-electron chi connectivity index (χ2n) is 4.77. The van der Waals surface area contributed by atoms with E-state index in [-0.39, 0.29) is 5.75 Å². The summed E-state index contributed by atoms with van der Waals surface area (Å²) in [6, 6.07) is 23.4. The summed E-state index contributed by atoms with van der Waals surface area (Å²) in [6.45, 7) is 0. The van der Waals surface area contributed by atoms with E-state index in [4.69, 9.17) is 0 Å². The molecule has 0 saturated carbocycles. The molecule has 0 amide bonds. The molecule has 3 aromatic rings. The number of azo groups is 2. The van der Waals surface area contributed by atoms with Crippen LogP contribution >= 0.6 is 0 Å². The topological polar surface area (TPSA) is 69.7 Å². The minimum Gasteiger partial charge on any atom is -0.508 e. The van der Waals surface area contributed by atoms with Gasteiger partial charge >= 0.3 is 0 Å². The van der Waals surface area contributed by atoms with Crippen molar-refractivity contribution in [2.45, 2.75) is 0 Å². The monoisotopic (exact) mass is 302 g/mol. The summed E-state index contributed by atoms with van der Waals surface area (Å²) in [6.07, 6.45) is 0. The standard InChI is InChI=1S/C18H14N4O/c23-18-12-10-17(11-13-18)22-21-16-8-6-15(7-9-16)20-19-14-4-2-1-3-5-14/h1-13,23H/b20-19+,22-21+. The maximum atomic E-state index is 9.21. The number of hydrogen-bond donors (Lipinski definition) is 1. The van der Waals surface area contributed by atoms with Crippen LogP contribution in [0.2, 0.25) is 0 Å². The Morgan fingerprint density at radius 1 is 0.435 bits per heavy atom. The van der Waals surface area contributed by atoms with Crippen molar-refractivity contribution in [3.63, 3.8) is 0 Å². The van der Waals surface area contributed by atoms with E-state index in [1.807, 2.05) is 54.6 Å². The van der Waals surface area contributed by atoms with Crippen molar-refractivity contribution in [2.24, 2.45) is 20.5 Å². The molecule has 23 heavy (non-hydrogen) atoms. The highest BCUT2D eigenvalue weighted by molar-refractivity contribution is 5.48. The highest BCUT2D eigenvalue weighted by Gasteiger charge is 1.94. The molecule has 5 nitrogen and oxygen atoms in total. The van der Waals surface area contributed by atoms with Crippen molar-refractivity contribution < 1.29 is 5.11 Å². The molecular weight excluding hydrogens is 288 g/mol. The minimum absolute atomic E-state index is 0.206. The first-order valence-corrected chi connectivity index (χ1v) is 7.07. The molecule has 0 aliphatic carbocycles. The number of hydrogen-bond acceptors (Lipinski definition) is 5. The molecule has 0 bridgehead atoms. The van der Waals surface area contributed by atoms with Gasteiger partial charge in [0, 0.05) is 0 Å². The van der Waals surface area contributed by atoms with E-state index >= 15 is 0 Å². The first kappa shape index (κ1) is 14.6. The van der Waals surface area contributed by atoms with Gasteiger partial charge in [-0.25, -0.2) is 0 Å². The third-order valence-electron chi connectivity index (χ3n) is 3.02. The SMILES string of the molecule is Oc1ccc(/N=N/c2ccc(/N=N/c3ccccc3)cc2)cc1. The molecule has 3 aromatic carbocycles. The molecule has 0 heterocycles. The summed E-state index contributed by atoms with van der Waals surface area (Å²) in [5.41, 5.74) is 2.95. The average molecular weight is 302 g/mol. The average Bonchev–Trinajstić information content (AvgIpc) is 2.61. The highest BCUT2D eigenvalue weighted by atomic mass is 16.3. The molecule has 0 radical (unpaired) electrons. The van der Waals surface area contributed by atoms with Crippen molar-refractivity contribution in [1.82, 2.24) is 0 Å². The molecule has 0 spiro atoms. The Labute approximate surface area is 133 Å². The number of nitrogens with zero attached hydrogens (tertiary/aromatic N) is 4. The molecule has 0 atom stereocenters. The molecule has 0 saturated heterocycles. The maximum Gasteiger partial charge on any atom is 0.115 e. The highest BCUT2D eigenvalue weighted by Crippen LogP contribution is 2.24. The van der Waals surface area contributed by atoms with Crippen LogP contribution in [0.4, 0.5) is 22.7 Å². The van der Waals surface area contributed by atoms with Gasteiger partial charge in [-0.15, -0.1) is 0 Å². The molecule has 0 aliphatic rings. The third kappa shape index (κ3) is 4.31. The maximum absolute atomic E-state index is 9.21. The van der Waals surface area contributed by atoms with Crippen molar-refractivity contribution in [2.75, 3.05) is 0 Å². The fourth-order valence-corrected chi connectivity index (χ4v) is 1.83. The molecule has 0 aromatic heterocycles. The van der Waals surface area contributed by atoms with Crippen LogP contribution in [0.1, 0.15) is 0 Å². The van der Waals surface area contributed by atoms with Crippen molar-refractivity contribution in [3.8, 4) is 5.75 Å². The summed E-state index contributed by atoms with van der Waals surface area (Å²) < 4.78 is 0. The lowest BCUT2D eigenvalue weighted by atomic mass is 10.3. The van der Waals surface area contributed by atoms with Gasteiger partial charge in [-0.1, -0.05) is 18.2 Å². The molecule has 3 rings (SSSR count). The summed E-state index contributed by atoms with van der Waals surface area (Å²) >= 11 is 0. The molecule has 5 heteroatoms. The number of benzene rings is 3. The fourth-order valence-electron chi connectivity index (χ4n) is 1.83. The van der Waals surface area contributed by atoms with Gasteiger partial charge in [-0.05, 0) is 60.7 Å². The minimum atomic E-state index is 0.206. The summed E-state index contributed by atoms with van der Waals surface area (Å²) in [5, 5.41) is 25.8. The quantitative estimate of drug-likeness (QED) is 0.571. The molecular formula is C18H14N4O. The zero-order valence-corrected chi connectivity index (χ0v) is 12.2. The molecule has 0 aliphatic heterocycles. The number of phenolic OH excluding ortho intramolecular Hbond substituents is 1. The first-order valence-electron chi connectivity index (χ1n) is 7.07. The third-order valence-corrected chi connectivity index (χ3v) is 3.02. The van der Waals surface area contributed by atoms with E-state index in [2.05, 4.69) is 20.5 Å². The van der Waals surface area contributed by atoms with Crippen LogP contribution < -0.4 is 0 Å². The van der Waals surface area contributed by atoms with Gasteiger partial charge in [-0.3, -0.25) is 0 Å². The van der Waals surface area contributed by atoms with Gasteiger partial charge in [0.1, 0.15) is 5.75 Å². The van der Waals surface area contributed by atoms with Gasteiger partial charge in [0.05, 0.1) is 22.7 Å². The van der Waals surface area contributed by atoms with E-state index in [1.54, 1.807) is 24.3 Å². The normalized spacial score (nSPS) is 11.3. The van der Waals surface area contributed by atoms with E-state index in [0.29, 0.717) is 5.69 Å². The van der Waals surface area contributed by atoms with Crippen LogP contribution in [0.25, 0.3) is 0 Å². The molecule has 112 valence electrons. The zero-order valence-electron chi connectivity index (χ0n) is 12.2. The lowest BCUT2D eigenvalue weighted by Crippen LogP contribution is -1.67.